The van der Waals surface area contributed by atoms with Gasteiger partial charge in [0.1, 0.15) is 0 Å². The Labute approximate surface area is 178 Å². The molecule has 0 fully saturated rings. The summed E-state index contributed by atoms with van der Waals surface area (Å²) in [6, 6.07) is 11.5. The molecule has 0 unspecified atom stereocenters. The number of oxazole rings is 1. The van der Waals surface area contributed by atoms with Crippen molar-refractivity contribution in [2.45, 2.75) is 44.6 Å². The van der Waals surface area contributed by atoms with Crippen LogP contribution in [0.2, 0.25) is 0 Å². The number of anilines is 1. The molecule has 0 amide bonds. The van der Waals surface area contributed by atoms with E-state index in [9.17, 15) is 13.2 Å². The van der Waals surface area contributed by atoms with Crippen LogP contribution in [0.5, 0.6) is 0 Å². The van der Waals surface area contributed by atoms with Crippen molar-refractivity contribution in [3.63, 3.8) is 0 Å². The first-order valence-corrected chi connectivity index (χ1v) is 11.3. The van der Waals surface area contributed by atoms with E-state index in [0.717, 1.165) is 5.56 Å². The molecule has 1 N–H and O–H groups in total. The molecule has 2 aromatic heterocycles. The van der Waals surface area contributed by atoms with Crippen molar-refractivity contribution >= 4 is 26.8 Å². The van der Waals surface area contributed by atoms with E-state index in [0.29, 0.717) is 35.3 Å². The van der Waals surface area contributed by atoms with Crippen molar-refractivity contribution in [2.75, 3.05) is 4.72 Å². The number of aryl methyl sites for hydroxylation is 1. The predicted octanol–water partition coefficient (Wildman–Crippen LogP) is 3.51. The minimum Gasteiger partial charge on any atom is -0.408 e. The summed E-state index contributed by atoms with van der Waals surface area (Å²) >= 11 is 0. The molecule has 4 rings (SSSR count). The van der Waals surface area contributed by atoms with Crippen molar-refractivity contribution in [1.82, 2.24) is 14.7 Å². The summed E-state index contributed by atoms with van der Waals surface area (Å²) in [6.07, 6.45) is 0.586. The Balaban J connectivity index is 1.62. The van der Waals surface area contributed by atoms with Gasteiger partial charge in [0.25, 0.3) is 10.0 Å². The van der Waals surface area contributed by atoms with E-state index >= 15 is 0 Å². The van der Waals surface area contributed by atoms with Gasteiger partial charge in [-0.15, -0.1) is 0 Å². The number of rotatable bonds is 7. The zero-order valence-electron chi connectivity index (χ0n) is 17.3. The minimum atomic E-state index is -3.86. The summed E-state index contributed by atoms with van der Waals surface area (Å²) in [7, 11) is -3.86. The van der Waals surface area contributed by atoms with E-state index in [1.54, 1.807) is 12.1 Å². The van der Waals surface area contributed by atoms with Crippen molar-refractivity contribution in [3.05, 3.63) is 70.3 Å². The third-order valence-corrected chi connectivity index (χ3v) is 6.27. The van der Waals surface area contributed by atoms with Gasteiger partial charge in [0.15, 0.2) is 11.4 Å². The van der Waals surface area contributed by atoms with Gasteiger partial charge in [-0.05, 0) is 35.7 Å². The summed E-state index contributed by atoms with van der Waals surface area (Å²) in [5.41, 5.74) is 2.16. The third kappa shape index (κ3) is 4.24. The van der Waals surface area contributed by atoms with Crippen LogP contribution in [-0.2, 0) is 23.0 Å². The zero-order valence-corrected chi connectivity index (χ0v) is 18.1. The van der Waals surface area contributed by atoms with Crippen LogP contribution in [0.3, 0.4) is 0 Å². The quantitative estimate of drug-likeness (QED) is 0.465. The first kappa shape index (κ1) is 20.9. The SMILES string of the molecule is CCc1nc(Cn2c(=O)oc3cc(S(=O)(=O)Nc4ccc(C(C)C)cc4)ccc32)no1. The monoisotopic (exact) mass is 442 g/mol. The number of nitrogens with one attached hydrogen (secondary N) is 1. The molecule has 2 aromatic carbocycles. The van der Waals surface area contributed by atoms with Gasteiger partial charge in [-0.1, -0.05) is 38.1 Å². The third-order valence-electron chi connectivity index (χ3n) is 4.89. The van der Waals surface area contributed by atoms with Crippen LogP contribution in [-0.4, -0.2) is 23.1 Å². The van der Waals surface area contributed by atoms with E-state index in [-0.39, 0.29) is 17.0 Å². The molecule has 2 heterocycles. The van der Waals surface area contributed by atoms with Crippen molar-refractivity contribution in [2.24, 2.45) is 0 Å². The highest BCUT2D eigenvalue weighted by Gasteiger charge is 2.19. The predicted molar refractivity (Wildman–Crippen MR) is 115 cm³/mol. The van der Waals surface area contributed by atoms with Gasteiger partial charge in [-0.25, -0.2) is 13.2 Å². The molecule has 0 saturated carbocycles. The fourth-order valence-corrected chi connectivity index (χ4v) is 4.23. The standard InChI is InChI=1S/C21H22N4O5S/c1-4-20-22-19(23-30-20)12-25-17-10-9-16(11-18(17)29-21(25)26)31(27,28)24-15-7-5-14(6-8-15)13(2)3/h5-11,13,24H,4,12H2,1-3H3. The largest absolute Gasteiger partial charge is 0.420 e. The van der Waals surface area contributed by atoms with Crippen LogP contribution in [0, 0.1) is 0 Å². The average Bonchev–Trinajstić information content (AvgIpc) is 3.32. The maximum Gasteiger partial charge on any atom is 0.420 e. The summed E-state index contributed by atoms with van der Waals surface area (Å²) in [5, 5.41) is 3.84. The van der Waals surface area contributed by atoms with Gasteiger partial charge in [0.05, 0.1) is 17.0 Å². The minimum absolute atomic E-state index is 0.0123. The van der Waals surface area contributed by atoms with Gasteiger partial charge in [-0.3, -0.25) is 9.29 Å². The number of nitrogens with zero attached hydrogens (tertiary/aromatic N) is 3. The molecule has 10 heteroatoms. The van der Waals surface area contributed by atoms with E-state index < -0.39 is 15.8 Å². The molecule has 31 heavy (non-hydrogen) atoms. The van der Waals surface area contributed by atoms with E-state index in [2.05, 4.69) is 28.7 Å². The molecule has 0 bridgehead atoms. The number of sulfonamides is 1. The fraction of sp³-hybridized carbons (Fsp3) is 0.286. The van der Waals surface area contributed by atoms with E-state index in [1.807, 2.05) is 19.1 Å². The Morgan fingerprint density at radius 2 is 1.87 bits per heavy atom. The number of benzene rings is 2. The number of aromatic nitrogens is 3. The molecule has 9 nitrogen and oxygen atoms in total. The highest BCUT2D eigenvalue weighted by atomic mass is 32.2. The Kier molecular flexibility index (Phi) is 5.40. The topological polar surface area (TPSA) is 120 Å². The summed E-state index contributed by atoms with van der Waals surface area (Å²) < 4.78 is 39.8. The zero-order chi connectivity index (χ0) is 22.2. The second-order valence-corrected chi connectivity index (χ2v) is 9.11. The molecule has 0 aliphatic heterocycles. The molecule has 0 atom stereocenters. The molecular weight excluding hydrogens is 420 g/mol. The lowest BCUT2D eigenvalue weighted by Crippen LogP contribution is -2.15. The Morgan fingerprint density at radius 3 is 2.52 bits per heavy atom. The molecule has 0 saturated heterocycles. The highest BCUT2D eigenvalue weighted by molar-refractivity contribution is 7.92. The number of hydrogen-bond donors (Lipinski definition) is 1. The lowest BCUT2D eigenvalue weighted by atomic mass is 10.0. The van der Waals surface area contributed by atoms with Crippen LogP contribution < -0.4 is 10.5 Å². The Morgan fingerprint density at radius 1 is 1.13 bits per heavy atom. The average molecular weight is 442 g/mol. The van der Waals surface area contributed by atoms with Gasteiger partial charge >= 0.3 is 5.76 Å². The maximum absolute atomic E-state index is 12.8. The van der Waals surface area contributed by atoms with Crippen LogP contribution in [0.25, 0.3) is 11.1 Å². The smallest absolute Gasteiger partial charge is 0.408 e. The number of fused-ring (bicyclic) bond motifs is 1. The second kappa shape index (κ2) is 8.03. The van der Waals surface area contributed by atoms with Gasteiger partial charge in [0.2, 0.25) is 5.89 Å². The van der Waals surface area contributed by atoms with Gasteiger partial charge in [0, 0.05) is 18.2 Å². The fourth-order valence-electron chi connectivity index (χ4n) is 3.15. The lowest BCUT2D eigenvalue weighted by molar-refractivity contribution is 0.375. The van der Waals surface area contributed by atoms with Crippen LogP contribution >= 0.6 is 0 Å². The van der Waals surface area contributed by atoms with E-state index in [4.69, 9.17) is 8.94 Å². The molecule has 0 aliphatic carbocycles. The first-order chi connectivity index (χ1) is 14.8. The summed E-state index contributed by atoms with van der Waals surface area (Å²) in [6.45, 7) is 6.07. The first-order valence-electron chi connectivity index (χ1n) is 9.84. The Hall–Kier alpha value is -3.40. The van der Waals surface area contributed by atoms with Gasteiger partial charge < -0.3 is 8.94 Å². The van der Waals surface area contributed by atoms with Crippen molar-refractivity contribution < 1.29 is 17.4 Å². The molecule has 0 aliphatic rings. The molecule has 4 aromatic rings. The lowest BCUT2D eigenvalue weighted by Gasteiger charge is -2.10. The van der Waals surface area contributed by atoms with Crippen molar-refractivity contribution in [3.8, 4) is 0 Å². The summed E-state index contributed by atoms with van der Waals surface area (Å²) in [4.78, 5) is 16.5. The number of hydrogen-bond acceptors (Lipinski definition) is 7. The van der Waals surface area contributed by atoms with Crippen molar-refractivity contribution in [1.29, 1.82) is 0 Å². The molecule has 0 radical (unpaired) electrons. The van der Waals surface area contributed by atoms with Crippen LogP contribution in [0.1, 0.15) is 44.0 Å². The van der Waals surface area contributed by atoms with Crippen LogP contribution in [0.15, 0.2) is 61.1 Å². The molecule has 162 valence electrons. The Bertz CT molecular complexity index is 1380. The summed E-state index contributed by atoms with van der Waals surface area (Å²) in [5.74, 6) is 0.521. The van der Waals surface area contributed by atoms with Crippen LogP contribution in [0.4, 0.5) is 5.69 Å². The molecular formula is C21H22N4O5S. The second-order valence-electron chi connectivity index (χ2n) is 7.42. The maximum atomic E-state index is 12.8. The van der Waals surface area contributed by atoms with E-state index in [1.165, 1.54) is 22.8 Å². The molecule has 0 spiro atoms. The van der Waals surface area contributed by atoms with Gasteiger partial charge in [-0.2, -0.15) is 4.98 Å². The normalized spacial score (nSPS) is 12.0. The highest BCUT2D eigenvalue weighted by Crippen LogP contribution is 2.23.